The molecule has 0 saturated carbocycles. The monoisotopic (exact) mass is 430 g/mol. The van der Waals surface area contributed by atoms with Gasteiger partial charge in [0, 0.05) is 37.7 Å². The standard InChI is InChI=1S/C22H27ClN4O3/c1-2-7-27-18-15-26(9-4-8-25-10-12-30-13-11-25)21(28)19(18)20(24-22(27)29)16-5-3-6-17(23)14-16/h2-3,5-6,14,20H,1,4,7-13,15H2,(H,24,29). The van der Waals surface area contributed by atoms with Crippen LogP contribution < -0.4 is 5.32 Å². The third kappa shape index (κ3) is 4.24. The van der Waals surface area contributed by atoms with E-state index in [1.165, 1.54) is 0 Å². The van der Waals surface area contributed by atoms with Crippen LogP contribution in [0.25, 0.3) is 0 Å². The Morgan fingerprint density at radius 2 is 2.03 bits per heavy atom. The quantitative estimate of drug-likeness (QED) is 0.675. The number of urea groups is 1. The van der Waals surface area contributed by atoms with E-state index in [1.807, 2.05) is 17.0 Å². The number of nitrogens with one attached hydrogen (secondary N) is 1. The highest BCUT2D eigenvalue weighted by Crippen LogP contribution is 2.36. The fourth-order valence-corrected chi connectivity index (χ4v) is 4.50. The number of halogens is 1. The van der Waals surface area contributed by atoms with Gasteiger partial charge in [0.15, 0.2) is 0 Å². The summed E-state index contributed by atoms with van der Waals surface area (Å²) in [5, 5.41) is 3.55. The van der Waals surface area contributed by atoms with Crippen LogP contribution in [0.2, 0.25) is 5.02 Å². The van der Waals surface area contributed by atoms with Crippen molar-refractivity contribution in [1.29, 1.82) is 0 Å². The van der Waals surface area contributed by atoms with Crippen molar-refractivity contribution in [3.05, 3.63) is 58.8 Å². The molecule has 0 aliphatic carbocycles. The molecule has 0 radical (unpaired) electrons. The Bertz CT molecular complexity index is 866. The minimum Gasteiger partial charge on any atom is -0.379 e. The summed E-state index contributed by atoms with van der Waals surface area (Å²) in [4.78, 5) is 31.9. The molecule has 0 bridgehead atoms. The molecule has 4 rings (SSSR count). The van der Waals surface area contributed by atoms with Crippen molar-refractivity contribution in [2.75, 3.05) is 52.5 Å². The average Bonchev–Trinajstić information content (AvgIpc) is 3.07. The van der Waals surface area contributed by atoms with Crippen LogP contribution in [0.5, 0.6) is 0 Å². The van der Waals surface area contributed by atoms with Gasteiger partial charge in [0.05, 0.1) is 37.1 Å². The van der Waals surface area contributed by atoms with Crippen molar-refractivity contribution >= 4 is 23.5 Å². The van der Waals surface area contributed by atoms with Crippen molar-refractivity contribution in [3.8, 4) is 0 Å². The second-order valence-electron chi connectivity index (χ2n) is 7.73. The van der Waals surface area contributed by atoms with Crippen molar-refractivity contribution in [1.82, 2.24) is 20.0 Å². The summed E-state index contributed by atoms with van der Waals surface area (Å²) in [6.45, 7) is 9.55. The first kappa shape index (κ1) is 20.9. The van der Waals surface area contributed by atoms with Gasteiger partial charge in [-0.2, -0.15) is 0 Å². The van der Waals surface area contributed by atoms with Gasteiger partial charge in [0.2, 0.25) is 0 Å². The topological polar surface area (TPSA) is 65.1 Å². The van der Waals surface area contributed by atoms with E-state index in [2.05, 4.69) is 16.8 Å². The maximum Gasteiger partial charge on any atom is 0.322 e. The predicted octanol–water partition coefficient (Wildman–Crippen LogP) is 2.41. The Kier molecular flexibility index (Phi) is 6.41. The Hall–Kier alpha value is -2.35. The summed E-state index contributed by atoms with van der Waals surface area (Å²) < 4.78 is 5.39. The van der Waals surface area contributed by atoms with Crippen molar-refractivity contribution < 1.29 is 14.3 Å². The molecule has 0 aromatic heterocycles. The number of hydrogen-bond donors (Lipinski definition) is 1. The number of hydrogen-bond acceptors (Lipinski definition) is 4. The molecule has 1 aromatic rings. The lowest BCUT2D eigenvalue weighted by atomic mass is 9.95. The van der Waals surface area contributed by atoms with Crippen molar-refractivity contribution in [2.24, 2.45) is 0 Å². The zero-order valence-electron chi connectivity index (χ0n) is 17.0. The molecule has 8 heteroatoms. The number of benzene rings is 1. The molecule has 30 heavy (non-hydrogen) atoms. The van der Waals surface area contributed by atoms with Gasteiger partial charge >= 0.3 is 6.03 Å². The highest BCUT2D eigenvalue weighted by Gasteiger charge is 2.43. The molecule has 1 fully saturated rings. The molecule has 1 aromatic carbocycles. The lowest BCUT2D eigenvalue weighted by Crippen LogP contribution is -2.47. The van der Waals surface area contributed by atoms with E-state index in [4.69, 9.17) is 16.3 Å². The molecule has 3 heterocycles. The number of carbonyl (C=O) groups is 2. The first-order valence-electron chi connectivity index (χ1n) is 10.4. The molecule has 0 spiro atoms. The fourth-order valence-electron chi connectivity index (χ4n) is 4.30. The van der Waals surface area contributed by atoms with Crippen LogP contribution in [-0.4, -0.2) is 79.1 Å². The number of rotatable bonds is 7. The molecule has 1 unspecified atom stereocenters. The predicted molar refractivity (Wildman–Crippen MR) is 115 cm³/mol. The summed E-state index contributed by atoms with van der Waals surface area (Å²) in [6.07, 6.45) is 2.56. The van der Waals surface area contributed by atoms with Gasteiger partial charge in [-0.3, -0.25) is 14.6 Å². The van der Waals surface area contributed by atoms with E-state index in [9.17, 15) is 9.59 Å². The molecular formula is C22H27ClN4O3. The second kappa shape index (κ2) is 9.20. The van der Waals surface area contributed by atoms with Gasteiger partial charge in [0.25, 0.3) is 5.91 Å². The fraction of sp³-hybridized carbons (Fsp3) is 0.455. The molecule has 3 aliphatic rings. The summed E-state index contributed by atoms with van der Waals surface area (Å²) in [6, 6.07) is 6.59. The lowest BCUT2D eigenvalue weighted by Gasteiger charge is -2.33. The van der Waals surface area contributed by atoms with Crippen LogP contribution in [0.1, 0.15) is 18.0 Å². The smallest absolute Gasteiger partial charge is 0.322 e. The lowest BCUT2D eigenvalue weighted by molar-refractivity contribution is -0.125. The number of nitrogens with zero attached hydrogens (tertiary/aromatic N) is 3. The minimum absolute atomic E-state index is 0.0222. The summed E-state index contributed by atoms with van der Waals surface area (Å²) in [7, 11) is 0. The third-order valence-electron chi connectivity index (χ3n) is 5.80. The molecule has 160 valence electrons. The molecule has 3 aliphatic heterocycles. The van der Waals surface area contributed by atoms with E-state index >= 15 is 0 Å². The van der Waals surface area contributed by atoms with Crippen LogP contribution >= 0.6 is 11.6 Å². The summed E-state index contributed by atoms with van der Waals surface area (Å²) >= 11 is 6.17. The van der Waals surface area contributed by atoms with Crippen molar-refractivity contribution in [2.45, 2.75) is 12.5 Å². The van der Waals surface area contributed by atoms with Gasteiger partial charge in [-0.05, 0) is 24.1 Å². The van der Waals surface area contributed by atoms with Crippen molar-refractivity contribution in [3.63, 3.8) is 0 Å². The van der Waals surface area contributed by atoms with E-state index < -0.39 is 6.04 Å². The Morgan fingerprint density at radius 3 is 2.77 bits per heavy atom. The highest BCUT2D eigenvalue weighted by atomic mass is 35.5. The average molecular weight is 431 g/mol. The number of morpholine rings is 1. The van der Waals surface area contributed by atoms with E-state index in [1.54, 1.807) is 23.1 Å². The van der Waals surface area contributed by atoms with Crippen LogP contribution in [0.4, 0.5) is 4.79 Å². The van der Waals surface area contributed by atoms with Crippen LogP contribution in [0.3, 0.4) is 0 Å². The Morgan fingerprint density at radius 1 is 1.23 bits per heavy atom. The molecule has 1 atom stereocenters. The highest BCUT2D eigenvalue weighted by molar-refractivity contribution is 6.30. The molecule has 1 N–H and O–H groups in total. The number of carbonyl (C=O) groups excluding carboxylic acids is 2. The largest absolute Gasteiger partial charge is 0.379 e. The third-order valence-corrected chi connectivity index (χ3v) is 6.03. The Balaban J connectivity index is 1.52. The zero-order chi connectivity index (χ0) is 21.1. The van der Waals surface area contributed by atoms with Crippen LogP contribution in [0, 0.1) is 0 Å². The molecular weight excluding hydrogens is 404 g/mol. The number of amides is 3. The summed E-state index contributed by atoms with van der Waals surface area (Å²) in [5.74, 6) is -0.0222. The minimum atomic E-state index is -0.496. The zero-order valence-corrected chi connectivity index (χ0v) is 17.7. The van der Waals surface area contributed by atoms with Gasteiger partial charge in [-0.15, -0.1) is 6.58 Å². The van der Waals surface area contributed by atoms with Gasteiger partial charge in [0.1, 0.15) is 0 Å². The summed E-state index contributed by atoms with van der Waals surface area (Å²) in [5.41, 5.74) is 2.20. The normalized spacial score (nSPS) is 22.4. The first-order valence-corrected chi connectivity index (χ1v) is 10.7. The van der Waals surface area contributed by atoms with Gasteiger partial charge < -0.3 is 15.0 Å². The Labute approximate surface area is 181 Å². The van der Waals surface area contributed by atoms with E-state index in [0.717, 1.165) is 50.5 Å². The molecule has 3 amide bonds. The maximum absolute atomic E-state index is 13.3. The molecule has 1 saturated heterocycles. The second-order valence-corrected chi connectivity index (χ2v) is 8.17. The SMILES string of the molecule is C=CCN1C(=O)NC(c2cccc(Cl)c2)C2=C1CN(CCCN1CCOCC1)C2=O. The van der Waals surface area contributed by atoms with Crippen LogP contribution in [-0.2, 0) is 9.53 Å². The molecule has 7 nitrogen and oxygen atoms in total. The van der Waals surface area contributed by atoms with Gasteiger partial charge in [-0.25, -0.2) is 4.79 Å². The van der Waals surface area contributed by atoms with Crippen LogP contribution in [0.15, 0.2) is 48.2 Å². The first-order chi connectivity index (χ1) is 14.6. The van der Waals surface area contributed by atoms with E-state index in [0.29, 0.717) is 30.2 Å². The van der Waals surface area contributed by atoms with E-state index in [-0.39, 0.29) is 11.9 Å². The maximum atomic E-state index is 13.3. The van der Waals surface area contributed by atoms with Gasteiger partial charge in [-0.1, -0.05) is 29.8 Å². The number of ether oxygens (including phenoxy) is 1.